The summed E-state index contributed by atoms with van der Waals surface area (Å²) in [5.74, 6) is 0.630. The van der Waals surface area contributed by atoms with E-state index in [1.54, 1.807) is 14.2 Å². The molecule has 2 N–H and O–H groups in total. The van der Waals surface area contributed by atoms with Crippen molar-refractivity contribution in [3.05, 3.63) is 18.2 Å². The molecule has 2 atom stereocenters. The highest BCUT2D eigenvalue weighted by Gasteiger charge is 2.43. The predicted octanol–water partition coefficient (Wildman–Crippen LogP) is 0.669. The highest BCUT2D eigenvalue weighted by atomic mass is 16.7. The standard InChI is InChI=1S/C12H17N2O3/c1-8-9(2)14(17-4)10-6-5-7-11(16-3)12(10)13(8)15/h5-7,9,15H,1-4H3/q+1/p+1. The summed E-state index contributed by atoms with van der Waals surface area (Å²) in [4.78, 5) is 5.45. The fourth-order valence-corrected chi connectivity index (χ4v) is 2.17. The number of nitrogens with one attached hydrogen (secondary N) is 1. The van der Waals surface area contributed by atoms with Gasteiger partial charge >= 0.3 is 5.69 Å². The van der Waals surface area contributed by atoms with Gasteiger partial charge in [0.25, 0.3) is 5.71 Å². The Bertz CT molecular complexity index is 471. The van der Waals surface area contributed by atoms with Gasteiger partial charge < -0.3 is 4.74 Å². The molecule has 0 spiro atoms. The van der Waals surface area contributed by atoms with Crippen molar-refractivity contribution in [2.75, 3.05) is 14.2 Å². The van der Waals surface area contributed by atoms with E-state index in [9.17, 15) is 5.21 Å². The summed E-state index contributed by atoms with van der Waals surface area (Å²) < 4.78 is 6.46. The normalized spacial score (nSPS) is 23.5. The first-order valence-electron chi connectivity index (χ1n) is 5.52. The number of quaternary nitrogens is 1. The lowest BCUT2D eigenvalue weighted by atomic mass is 10.1. The van der Waals surface area contributed by atoms with E-state index < -0.39 is 0 Å². The molecule has 1 aromatic rings. The van der Waals surface area contributed by atoms with Crippen LogP contribution in [0.5, 0.6) is 5.75 Å². The molecular weight excluding hydrogens is 220 g/mol. The van der Waals surface area contributed by atoms with E-state index in [1.807, 2.05) is 32.0 Å². The van der Waals surface area contributed by atoms with Gasteiger partial charge in [0.1, 0.15) is 0 Å². The number of fused-ring (bicyclic) bond motifs is 1. The molecule has 0 fully saturated rings. The maximum Gasteiger partial charge on any atom is 0.361 e. The van der Waals surface area contributed by atoms with Crippen LogP contribution in [0, 0.1) is 0 Å². The van der Waals surface area contributed by atoms with Crippen molar-refractivity contribution in [2.45, 2.75) is 19.9 Å². The number of benzene rings is 1. The summed E-state index contributed by atoms with van der Waals surface area (Å²) in [6.07, 6.45) is 0. The van der Waals surface area contributed by atoms with Crippen LogP contribution in [0.1, 0.15) is 13.8 Å². The molecule has 5 nitrogen and oxygen atoms in total. The van der Waals surface area contributed by atoms with Crippen LogP contribution in [0.15, 0.2) is 18.2 Å². The first kappa shape index (κ1) is 11.9. The molecule has 1 aromatic carbocycles. The molecule has 0 saturated carbocycles. The van der Waals surface area contributed by atoms with Crippen molar-refractivity contribution in [3.63, 3.8) is 0 Å². The van der Waals surface area contributed by atoms with E-state index in [4.69, 9.17) is 9.57 Å². The molecule has 0 aromatic heterocycles. The second-order valence-corrected chi connectivity index (χ2v) is 4.10. The van der Waals surface area contributed by atoms with Crippen molar-refractivity contribution < 1.29 is 24.6 Å². The maximum atomic E-state index is 10.2. The summed E-state index contributed by atoms with van der Waals surface area (Å²) in [7, 11) is 3.23. The van der Waals surface area contributed by atoms with Crippen LogP contribution in [-0.2, 0) is 4.84 Å². The Labute approximate surface area is 100 Å². The van der Waals surface area contributed by atoms with Gasteiger partial charge in [0.15, 0.2) is 0 Å². The Morgan fingerprint density at radius 3 is 2.65 bits per heavy atom. The van der Waals surface area contributed by atoms with Crippen LogP contribution in [0.3, 0.4) is 0 Å². The number of para-hydroxylation sites is 1. The number of hydroxylamine groups is 1. The van der Waals surface area contributed by atoms with Gasteiger partial charge in [-0.1, -0.05) is 6.07 Å². The minimum Gasteiger partial charge on any atom is -0.490 e. The first-order valence-corrected chi connectivity index (χ1v) is 5.52. The first-order chi connectivity index (χ1) is 8.11. The van der Waals surface area contributed by atoms with E-state index in [2.05, 4.69) is 0 Å². The topological polar surface area (TPSA) is 46.1 Å². The zero-order chi connectivity index (χ0) is 12.6. The molecule has 0 aliphatic carbocycles. The zero-order valence-corrected chi connectivity index (χ0v) is 10.5. The number of rotatable bonds is 2. The van der Waals surface area contributed by atoms with Gasteiger partial charge in [-0.25, -0.2) is 4.84 Å². The lowest BCUT2D eigenvalue weighted by Crippen LogP contribution is -3.11. The Balaban J connectivity index is 2.69. The van der Waals surface area contributed by atoms with Crippen molar-refractivity contribution in [2.24, 2.45) is 0 Å². The zero-order valence-electron chi connectivity index (χ0n) is 10.5. The second kappa shape index (κ2) is 4.35. The Morgan fingerprint density at radius 2 is 2.06 bits per heavy atom. The van der Waals surface area contributed by atoms with Crippen molar-refractivity contribution >= 4 is 17.1 Å². The molecule has 0 amide bonds. The fourth-order valence-electron chi connectivity index (χ4n) is 2.17. The Hall–Kier alpha value is -1.59. The summed E-state index contributed by atoms with van der Waals surface area (Å²) in [5, 5.41) is 11.0. The Morgan fingerprint density at radius 1 is 1.35 bits per heavy atom. The van der Waals surface area contributed by atoms with E-state index in [0.29, 0.717) is 11.4 Å². The number of hydrogen-bond acceptors (Lipinski definition) is 3. The van der Waals surface area contributed by atoms with E-state index >= 15 is 0 Å². The van der Waals surface area contributed by atoms with E-state index in [1.165, 1.54) is 4.74 Å². The summed E-state index contributed by atoms with van der Waals surface area (Å²) >= 11 is 0. The largest absolute Gasteiger partial charge is 0.490 e. The van der Waals surface area contributed by atoms with Gasteiger partial charge in [-0.2, -0.15) is 0 Å². The Kier molecular flexibility index (Phi) is 3.04. The molecule has 2 unspecified atom stereocenters. The minimum atomic E-state index is 0.0459. The second-order valence-electron chi connectivity index (χ2n) is 4.10. The molecule has 1 aliphatic heterocycles. The third-order valence-electron chi connectivity index (χ3n) is 3.27. The third kappa shape index (κ3) is 1.67. The average molecular weight is 238 g/mol. The molecular formula is C12H18N2O3+2. The van der Waals surface area contributed by atoms with Crippen LogP contribution in [0.25, 0.3) is 0 Å². The molecule has 1 heterocycles. The van der Waals surface area contributed by atoms with Crippen LogP contribution in [-0.4, -0.2) is 35.9 Å². The number of hydrogen-bond donors (Lipinski definition) is 2. The van der Waals surface area contributed by atoms with Crippen molar-refractivity contribution in [1.82, 2.24) is 0 Å². The van der Waals surface area contributed by atoms with E-state index in [0.717, 1.165) is 16.5 Å². The molecule has 1 aliphatic rings. The minimum absolute atomic E-state index is 0.0459. The van der Waals surface area contributed by atoms with Crippen LogP contribution >= 0.6 is 0 Å². The molecule has 17 heavy (non-hydrogen) atoms. The quantitative estimate of drug-likeness (QED) is 0.588. The summed E-state index contributed by atoms with van der Waals surface area (Å²) in [5.41, 5.74) is 2.33. The highest BCUT2D eigenvalue weighted by Crippen LogP contribution is 2.34. The lowest BCUT2D eigenvalue weighted by molar-refractivity contribution is -1.05. The van der Waals surface area contributed by atoms with E-state index in [-0.39, 0.29) is 6.04 Å². The molecule has 2 rings (SSSR count). The molecule has 5 heteroatoms. The monoisotopic (exact) mass is 238 g/mol. The molecule has 92 valence electrons. The van der Waals surface area contributed by atoms with Gasteiger partial charge in [0.05, 0.1) is 14.2 Å². The molecule has 0 radical (unpaired) electrons. The van der Waals surface area contributed by atoms with Gasteiger partial charge in [0.2, 0.25) is 17.5 Å². The summed E-state index contributed by atoms with van der Waals surface area (Å²) in [6, 6.07) is 5.67. The fraction of sp³-hybridized carbons (Fsp3) is 0.417. The van der Waals surface area contributed by atoms with Crippen LogP contribution in [0.2, 0.25) is 0 Å². The smallest absolute Gasteiger partial charge is 0.361 e. The molecule has 0 saturated heterocycles. The van der Waals surface area contributed by atoms with Gasteiger partial charge in [-0.15, -0.1) is 5.06 Å². The number of ether oxygens (including phenoxy) is 1. The number of nitrogens with zero attached hydrogens (tertiary/aromatic N) is 1. The lowest BCUT2D eigenvalue weighted by Gasteiger charge is -2.23. The van der Waals surface area contributed by atoms with Crippen molar-refractivity contribution in [3.8, 4) is 5.75 Å². The van der Waals surface area contributed by atoms with Gasteiger partial charge in [-0.3, -0.25) is 5.21 Å². The van der Waals surface area contributed by atoms with Gasteiger partial charge in [0, 0.05) is 24.7 Å². The SMILES string of the molecule is COc1cccc2c1[N+](O)=C(C)C(C)[NH+]2OC. The van der Waals surface area contributed by atoms with Crippen LogP contribution in [0.4, 0.5) is 11.4 Å². The van der Waals surface area contributed by atoms with Gasteiger partial charge in [-0.05, 0) is 6.07 Å². The predicted molar refractivity (Wildman–Crippen MR) is 62.5 cm³/mol. The summed E-state index contributed by atoms with van der Waals surface area (Å²) in [6.45, 7) is 3.87. The van der Waals surface area contributed by atoms with Crippen molar-refractivity contribution in [1.29, 1.82) is 0 Å². The number of methoxy groups -OCH3 is 1. The van der Waals surface area contributed by atoms with Crippen LogP contribution < -0.4 is 9.80 Å². The average Bonchev–Trinajstić information content (AvgIpc) is 2.36. The maximum absolute atomic E-state index is 10.2. The molecule has 0 bridgehead atoms. The third-order valence-corrected chi connectivity index (χ3v) is 3.27. The highest BCUT2D eigenvalue weighted by molar-refractivity contribution is 5.84.